The van der Waals surface area contributed by atoms with Crippen LogP contribution < -0.4 is 25.4 Å². The monoisotopic (exact) mass is 590 g/mol. The van der Waals surface area contributed by atoms with E-state index in [2.05, 4.69) is 11.9 Å². The lowest BCUT2D eigenvalue weighted by Crippen LogP contribution is -2.37. The van der Waals surface area contributed by atoms with Crippen LogP contribution in [0, 0.1) is 20.8 Å². The minimum Gasteiger partial charge on any atom is -0.507 e. The number of halogens is 1. The van der Waals surface area contributed by atoms with Crippen LogP contribution in [0.4, 0.5) is 11.4 Å². The van der Waals surface area contributed by atoms with Crippen LogP contribution in [0.2, 0.25) is 0 Å². The summed E-state index contributed by atoms with van der Waals surface area (Å²) in [5.41, 5.74) is 16.5. The third-order valence-electron chi connectivity index (χ3n) is 7.79. The number of benzene rings is 3. The largest absolute Gasteiger partial charge is 0.507 e. The first-order valence-electron chi connectivity index (χ1n) is 14.1. The molecule has 0 saturated heterocycles. The van der Waals surface area contributed by atoms with E-state index in [9.17, 15) is 9.90 Å². The van der Waals surface area contributed by atoms with Crippen LogP contribution in [0.1, 0.15) is 60.4 Å². The zero-order valence-corrected chi connectivity index (χ0v) is 25.4. The van der Waals surface area contributed by atoms with Crippen LogP contribution in [0.3, 0.4) is 0 Å². The molecule has 3 aromatic rings. The molecule has 1 aliphatic rings. The Hall–Kier alpha value is -4.17. The number of carbonyl (C=O) groups is 1. The minimum atomic E-state index is -0.378. The van der Waals surface area contributed by atoms with Crippen LogP contribution >= 0.6 is 11.8 Å². The number of phenolic OH excluding ortho intramolecular Hbond substituents is 1. The van der Waals surface area contributed by atoms with Gasteiger partial charge in [-0.2, -0.15) is 0 Å². The molecular weight excluding hydrogens is 552 g/mol. The van der Waals surface area contributed by atoms with Crippen molar-refractivity contribution in [3.63, 3.8) is 0 Å². The van der Waals surface area contributed by atoms with E-state index in [0.717, 1.165) is 70.1 Å². The SMILES string of the molecule is Cc1c(C)c2c(c(C)c1O)CCC(C)(CCCCOc1ccc(N(Cl)C(=O)C=Cc3ccc(N=C(N)N)cc3)cc1)O2. The van der Waals surface area contributed by atoms with Gasteiger partial charge < -0.3 is 26.0 Å². The van der Waals surface area contributed by atoms with Crippen LogP contribution in [-0.4, -0.2) is 29.2 Å². The van der Waals surface area contributed by atoms with Crippen LogP contribution in [0.15, 0.2) is 59.6 Å². The maximum atomic E-state index is 12.5. The van der Waals surface area contributed by atoms with Crippen molar-refractivity contribution in [3.05, 3.63) is 82.4 Å². The van der Waals surface area contributed by atoms with E-state index in [-0.39, 0.29) is 17.5 Å². The van der Waals surface area contributed by atoms with Gasteiger partial charge >= 0.3 is 0 Å². The molecule has 1 heterocycles. The fourth-order valence-corrected chi connectivity index (χ4v) is 5.27. The van der Waals surface area contributed by atoms with Crippen molar-refractivity contribution in [1.82, 2.24) is 0 Å². The molecular formula is C33H39ClN4O4. The summed E-state index contributed by atoms with van der Waals surface area (Å²) < 4.78 is 13.5. The van der Waals surface area contributed by atoms with Gasteiger partial charge in [0.1, 0.15) is 22.8 Å². The molecule has 0 radical (unpaired) electrons. The number of ether oxygens (including phenoxy) is 2. The predicted molar refractivity (Wildman–Crippen MR) is 170 cm³/mol. The number of aromatic hydroxyl groups is 1. The first-order chi connectivity index (χ1) is 20.0. The van der Waals surface area contributed by atoms with Crippen molar-refractivity contribution >= 4 is 41.1 Å². The highest BCUT2D eigenvalue weighted by atomic mass is 35.5. The number of guanidine groups is 1. The average Bonchev–Trinajstić information content (AvgIpc) is 2.98. The molecule has 222 valence electrons. The van der Waals surface area contributed by atoms with Crippen molar-refractivity contribution in [2.75, 3.05) is 11.0 Å². The van der Waals surface area contributed by atoms with E-state index >= 15 is 0 Å². The Morgan fingerprint density at radius 1 is 1.07 bits per heavy atom. The Kier molecular flexibility index (Phi) is 9.68. The molecule has 1 amide bonds. The molecule has 1 atom stereocenters. The highest BCUT2D eigenvalue weighted by Gasteiger charge is 2.34. The Morgan fingerprint density at radius 2 is 1.76 bits per heavy atom. The predicted octanol–water partition coefficient (Wildman–Crippen LogP) is 6.76. The number of fused-ring (bicyclic) bond motifs is 1. The van der Waals surface area contributed by atoms with Gasteiger partial charge in [-0.3, -0.25) is 4.79 Å². The number of aliphatic imine (C=N–C) groups is 1. The van der Waals surface area contributed by atoms with Crippen molar-refractivity contribution in [3.8, 4) is 17.2 Å². The molecule has 0 bridgehead atoms. The summed E-state index contributed by atoms with van der Waals surface area (Å²) in [6, 6.07) is 14.2. The maximum Gasteiger partial charge on any atom is 0.265 e. The summed E-state index contributed by atoms with van der Waals surface area (Å²) in [5, 5.41) is 10.4. The average molecular weight is 591 g/mol. The minimum absolute atomic E-state index is 0.0163. The van der Waals surface area contributed by atoms with Crippen molar-refractivity contribution in [2.24, 2.45) is 16.5 Å². The summed E-state index contributed by atoms with van der Waals surface area (Å²) in [5.74, 6) is 1.64. The summed E-state index contributed by atoms with van der Waals surface area (Å²) >= 11 is 6.28. The standard InChI is InChI=1S/C33H39ClN4O4/c1-21-22(2)31-28(23(3)30(21)40)17-19-33(4,42-31)18-5-6-20-41-27-14-12-26(13-15-27)38(34)29(39)16-9-24-7-10-25(11-8-24)37-32(35)36/h7-16,40H,5-6,17-20H2,1-4H3,(H4,35,36,37). The Labute approximate surface area is 252 Å². The van der Waals surface area contributed by atoms with E-state index in [0.29, 0.717) is 29.5 Å². The molecule has 42 heavy (non-hydrogen) atoms. The molecule has 1 aliphatic heterocycles. The number of phenols is 1. The first kappa shape index (κ1) is 30.8. The van der Waals surface area contributed by atoms with E-state index < -0.39 is 0 Å². The van der Waals surface area contributed by atoms with Crippen molar-refractivity contribution in [2.45, 2.75) is 65.4 Å². The highest BCUT2D eigenvalue weighted by Crippen LogP contribution is 2.44. The van der Waals surface area contributed by atoms with Gasteiger partial charge in [0.2, 0.25) is 0 Å². The van der Waals surface area contributed by atoms with Gasteiger partial charge in [0.25, 0.3) is 5.91 Å². The lowest BCUT2D eigenvalue weighted by molar-refractivity contribution is -0.113. The number of carbonyl (C=O) groups excluding carboxylic acids is 1. The molecule has 3 aromatic carbocycles. The first-order valence-corrected chi connectivity index (χ1v) is 14.4. The van der Waals surface area contributed by atoms with Gasteiger partial charge in [0, 0.05) is 23.4 Å². The second-order valence-electron chi connectivity index (χ2n) is 11.0. The Balaban J connectivity index is 1.22. The van der Waals surface area contributed by atoms with Crippen molar-refractivity contribution < 1.29 is 19.4 Å². The maximum absolute atomic E-state index is 12.5. The number of nitrogens with two attached hydrogens (primary N) is 2. The fourth-order valence-electron chi connectivity index (χ4n) is 5.10. The number of rotatable bonds is 10. The van der Waals surface area contributed by atoms with Gasteiger partial charge in [-0.1, -0.05) is 12.1 Å². The quantitative estimate of drug-likeness (QED) is 0.0788. The molecule has 5 N–H and O–H groups in total. The second-order valence-corrected chi connectivity index (χ2v) is 11.3. The molecule has 9 heteroatoms. The summed E-state index contributed by atoms with van der Waals surface area (Å²) in [4.78, 5) is 16.5. The molecule has 1 unspecified atom stereocenters. The van der Waals surface area contributed by atoms with Gasteiger partial charge in [-0.05, 0) is 125 Å². The van der Waals surface area contributed by atoms with Gasteiger partial charge in [-0.25, -0.2) is 9.41 Å². The Bertz CT molecular complexity index is 1480. The zero-order chi connectivity index (χ0) is 30.4. The number of anilines is 1. The molecule has 0 spiro atoms. The zero-order valence-electron chi connectivity index (χ0n) is 24.6. The normalized spacial score (nSPS) is 16.0. The Morgan fingerprint density at radius 3 is 2.43 bits per heavy atom. The summed E-state index contributed by atoms with van der Waals surface area (Å²) in [6.45, 7) is 8.68. The summed E-state index contributed by atoms with van der Waals surface area (Å²) in [7, 11) is 0. The molecule has 0 fully saturated rings. The molecule has 0 aliphatic carbocycles. The van der Waals surface area contributed by atoms with Crippen LogP contribution in [-0.2, 0) is 11.2 Å². The number of hydrogen-bond donors (Lipinski definition) is 3. The molecule has 4 rings (SSSR count). The van der Waals surface area contributed by atoms with E-state index in [1.54, 1.807) is 54.6 Å². The lowest BCUT2D eigenvalue weighted by atomic mass is 9.85. The number of nitrogens with zero attached hydrogens (tertiary/aromatic N) is 2. The van der Waals surface area contributed by atoms with Crippen LogP contribution in [0.5, 0.6) is 17.2 Å². The lowest BCUT2D eigenvalue weighted by Gasteiger charge is -2.38. The second kappa shape index (κ2) is 13.2. The van der Waals surface area contributed by atoms with Gasteiger partial charge in [-0.15, -0.1) is 0 Å². The number of amides is 1. The molecule has 0 saturated carbocycles. The third-order valence-corrected chi connectivity index (χ3v) is 8.15. The van der Waals surface area contributed by atoms with Crippen molar-refractivity contribution in [1.29, 1.82) is 0 Å². The van der Waals surface area contributed by atoms with Gasteiger partial charge in [0.15, 0.2) is 5.96 Å². The molecule has 8 nitrogen and oxygen atoms in total. The fraction of sp³-hybridized carbons (Fsp3) is 0.333. The van der Waals surface area contributed by atoms with Crippen LogP contribution in [0.25, 0.3) is 6.08 Å². The topological polar surface area (TPSA) is 123 Å². The third kappa shape index (κ3) is 7.36. The van der Waals surface area contributed by atoms with E-state index in [4.69, 9.17) is 32.7 Å². The number of unbranched alkanes of at least 4 members (excludes halogenated alkanes) is 1. The summed E-state index contributed by atoms with van der Waals surface area (Å²) in [6.07, 6.45) is 7.66. The smallest absolute Gasteiger partial charge is 0.265 e. The number of hydrogen-bond acceptors (Lipinski definition) is 5. The highest BCUT2D eigenvalue weighted by molar-refractivity contribution is 6.38. The van der Waals surface area contributed by atoms with E-state index in [1.807, 2.05) is 20.8 Å². The molecule has 0 aromatic heterocycles. The van der Waals surface area contributed by atoms with E-state index in [1.165, 1.54) is 6.08 Å². The van der Waals surface area contributed by atoms with Gasteiger partial charge in [0.05, 0.1) is 18.0 Å².